The molecule has 1 aromatic rings. The number of aliphatic imine (C=N–C) groups is 1. The maximum absolute atomic E-state index is 9.55. The average molecular weight is 241 g/mol. The van der Waals surface area contributed by atoms with Crippen LogP contribution in [0.3, 0.4) is 0 Å². The summed E-state index contributed by atoms with van der Waals surface area (Å²) in [4.78, 5) is 6.37. The van der Waals surface area contributed by atoms with Crippen molar-refractivity contribution in [2.45, 2.75) is 19.6 Å². The van der Waals surface area contributed by atoms with Gasteiger partial charge in [0.2, 0.25) is 0 Å². The molecule has 0 aliphatic carbocycles. The van der Waals surface area contributed by atoms with E-state index in [4.69, 9.17) is 0 Å². The van der Waals surface area contributed by atoms with Crippen molar-refractivity contribution in [1.29, 1.82) is 0 Å². The van der Waals surface area contributed by atoms with Gasteiger partial charge in [-0.1, -0.05) is 30.3 Å². The number of aliphatic hydroxyl groups is 1. The van der Waals surface area contributed by atoms with Crippen molar-refractivity contribution in [1.82, 2.24) is 4.90 Å². The highest BCUT2D eigenvalue weighted by molar-refractivity contribution is 5.86. The molecule has 1 atom stereocenters. The molecule has 1 unspecified atom stereocenters. The van der Waals surface area contributed by atoms with E-state index in [2.05, 4.69) is 17.1 Å². The Morgan fingerprint density at radius 1 is 1.38 bits per heavy atom. The molecule has 1 aliphatic heterocycles. The van der Waals surface area contributed by atoms with Gasteiger partial charge < -0.3 is 10.0 Å². The molecule has 1 aliphatic rings. The lowest BCUT2D eigenvalue weighted by Gasteiger charge is -2.23. The maximum Gasteiger partial charge on any atom is 0.125 e. The Morgan fingerprint density at radius 3 is 2.69 bits per heavy atom. The van der Waals surface area contributed by atoms with Crippen molar-refractivity contribution in [3.63, 3.8) is 0 Å². The average Bonchev–Trinajstić information content (AvgIpc) is 2.67. The molecule has 0 saturated carbocycles. The number of benzene rings is 1. The molecule has 4 heteroatoms. The van der Waals surface area contributed by atoms with Crippen LogP contribution in [-0.2, 0) is 6.42 Å². The molecule has 0 spiro atoms. The summed E-state index contributed by atoms with van der Waals surface area (Å²) in [6.45, 7) is 3.42. The first-order valence-electron chi connectivity index (χ1n) is 5.29. The van der Waals surface area contributed by atoms with E-state index in [9.17, 15) is 5.11 Å². The molecule has 88 valence electrons. The van der Waals surface area contributed by atoms with Crippen LogP contribution in [0, 0.1) is 0 Å². The van der Waals surface area contributed by atoms with Gasteiger partial charge in [-0.05, 0) is 12.5 Å². The molecule has 1 aromatic carbocycles. The van der Waals surface area contributed by atoms with Gasteiger partial charge >= 0.3 is 0 Å². The fraction of sp³-hybridized carbons (Fsp3) is 0.417. The van der Waals surface area contributed by atoms with Crippen LogP contribution in [0.5, 0.6) is 0 Å². The molecule has 3 nitrogen and oxygen atoms in total. The largest absolute Gasteiger partial charge is 0.374 e. The number of rotatable bonds is 3. The van der Waals surface area contributed by atoms with E-state index in [0.29, 0.717) is 0 Å². The van der Waals surface area contributed by atoms with Gasteiger partial charge in [0.15, 0.2) is 0 Å². The molecule has 0 amide bonds. The summed E-state index contributed by atoms with van der Waals surface area (Å²) >= 11 is 0. The number of hydrogen-bond donors (Lipinski definition) is 1. The minimum absolute atomic E-state index is 0. The number of hydrogen-bond acceptors (Lipinski definition) is 3. The van der Waals surface area contributed by atoms with E-state index >= 15 is 0 Å². The fourth-order valence-electron chi connectivity index (χ4n) is 1.85. The van der Waals surface area contributed by atoms with E-state index in [-0.39, 0.29) is 12.4 Å². The van der Waals surface area contributed by atoms with E-state index < -0.39 is 6.23 Å². The minimum atomic E-state index is -0.435. The first-order chi connectivity index (χ1) is 7.27. The van der Waals surface area contributed by atoms with Crippen LogP contribution in [0.15, 0.2) is 35.3 Å². The predicted octanol–water partition coefficient (Wildman–Crippen LogP) is 1.70. The number of aliphatic hydroxyl groups excluding tert-OH is 1. The van der Waals surface area contributed by atoms with Crippen molar-refractivity contribution >= 4 is 18.2 Å². The van der Waals surface area contributed by atoms with Gasteiger partial charge in [-0.15, -0.1) is 12.4 Å². The second kappa shape index (κ2) is 5.87. The van der Waals surface area contributed by atoms with Crippen molar-refractivity contribution < 1.29 is 5.11 Å². The van der Waals surface area contributed by atoms with Gasteiger partial charge in [0.1, 0.15) is 12.1 Å². The Bertz CT molecular complexity index is 351. The van der Waals surface area contributed by atoms with Crippen LogP contribution < -0.4 is 0 Å². The molecule has 1 heterocycles. The molecule has 0 radical (unpaired) electrons. The topological polar surface area (TPSA) is 35.8 Å². The standard InChI is InChI=1S/C12H16N2O.ClH/c1-10(15)14-8-7-13-12(14)9-11-5-3-2-4-6-11;/h2-6,10,15H,7-9H2,1H3;1H. The summed E-state index contributed by atoms with van der Waals surface area (Å²) in [5, 5.41) is 9.55. The van der Waals surface area contributed by atoms with Crippen molar-refractivity contribution in [3.05, 3.63) is 35.9 Å². The summed E-state index contributed by atoms with van der Waals surface area (Å²) in [5.41, 5.74) is 1.24. The first-order valence-corrected chi connectivity index (χ1v) is 5.29. The number of amidine groups is 1. The van der Waals surface area contributed by atoms with Crippen LogP contribution in [0.1, 0.15) is 12.5 Å². The van der Waals surface area contributed by atoms with Crippen molar-refractivity contribution in [2.75, 3.05) is 13.1 Å². The van der Waals surface area contributed by atoms with E-state index in [1.54, 1.807) is 6.92 Å². The van der Waals surface area contributed by atoms with Crippen LogP contribution in [0.4, 0.5) is 0 Å². The van der Waals surface area contributed by atoms with E-state index in [1.807, 2.05) is 23.1 Å². The summed E-state index contributed by atoms with van der Waals surface area (Å²) in [5.74, 6) is 0.996. The van der Waals surface area contributed by atoms with Crippen LogP contribution in [-0.4, -0.2) is 35.2 Å². The Hall–Kier alpha value is -1.06. The molecule has 0 aromatic heterocycles. The Morgan fingerprint density at radius 2 is 2.06 bits per heavy atom. The fourth-order valence-corrected chi connectivity index (χ4v) is 1.85. The smallest absolute Gasteiger partial charge is 0.125 e. The molecule has 0 bridgehead atoms. The van der Waals surface area contributed by atoms with Gasteiger partial charge in [0, 0.05) is 13.0 Å². The summed E-state index contributed by atoms with van der Waals surface area (Å²) in [6.07, 6.45) is 0.376. The van der Waals surface area contributed by atoms with Crippen LogP contribution in [0.25, 0.3) is 0 Å². The highest BCUT2D eigenvalue weighted by Gasteiger charge is 2.20. The summed E-state index contributed by atoms with van der Waals surface area (Å²) in [7, 11) is 0. The van der Waals surface area contributed by atoms with E-state index in [0.717, 1.165) is 25.3 Å². The molecule has 1 N–H and O–H groups in total. The monoisotopic (exact) mass is 240 g/mol. The lowest BCUT2D eigenvalue weighted by atomic mass is 10.1. The SMILES string of the molecule is CC(O)N1CCN=C1Cc1ccccc1.Cl. The third-order valence-electron chi connectivity index (χ3n) is 2.62. The lowest BCUT2D eigenvalue weighted by Crippen LogP contribution is -2.36. The van der Waals surface area contributed by atoms with E-state index in [1.165, 1.54) is 5.56 Å². The predicted molar refractivity (Wildman–Crippen MR) is 68.1 cm³/mol. The number of nitrogens with zero attached hydrogens (tertiary/aromatic N) is 2. The molecule has 16 heavy (non-hydrogen) atoms. The number of halogens is 1. The van der Waals surface area contributed by atoms with Crippen LogP contribution >= 0.6 is 12.4 Å². The zero-order chi connectivity index (χ0) is 10.7. The Kier molecular flexibility index (Phi) is 4.77. The zero-order valence-corrected chi connectivity index (χ0v) is 10.2. The minimum Gasteiger partial charge on any atom is -0.374 e. The van der Waals surface area contributed by atoms with Gasteiger partial charge in [0.25, 0.3) is 0 Å². The van der Waals surface area contributed by atoms with Gasteiger partial charge in [-0.25, -0.2) is 0 Å². The molecule has 0 fully saturated rings. The first kappa shape index (κ1) is 13.0. The van der Waals surface area contributed by atoms with Gasteiger partial charge in [0.05, 0.1) is 6.54 Å². The molecular formula is C12H17ClN2O. The summed E-state index contributed by atoms with van der Waals surface area (Å²) < 4.78 is 0. The quantitative estimate of drug-likeness (QED) is 0.873. The highest BCUT2D eigenvalue weighted by Crippen LogP contribution is 2.10. The van der Waals surface area contributed by atoms with Crippen molar-refractivity contribution in [3.8, 4) is 0 Å². The Balaban J connectivity index is 0.00000128. The molecular weight excluding hydrogens is 224 g/mol. The van der Waals surface area contributed by atoms with Crippen LogP contribution in [0.2, 0.25) is 0 Å². The third kappa shape index (κ3) is 2.97. The second-order valence-corrected chi connectivity index (χ2v) is 3.79. The molecule has 0 saturated heterocycles. The van der Waals surface area contributed by atoms with Gasteiger partial charge in [-0.3, -0.25) is 4.99 Å². The zero-order valence-electron chi connectivity index (χ0n) is 9.34. The second-order valence-electron chi connectivity index (χ2n) is 3.79. The Labute approximate surface area is 102 Å². The van der Waals surface area contributed by atoms with Gasteiger partial charge in [-0.2, -0.15) is 0 Å². The molecule has 2 rings (SSSR count). The summed E-state index contributed by atoms with van der Waals surface area (Å²) in [6, 6.07) is 10.2. The lowest BCUT2D eigenvalue weighted by molar-refractivity contribution is 0.0771. The maximum atomic E-state index is 9.55. The normalized spacial score (nSPS) is 16.6. The third-order valence-corrected chi connectivity index (χ3v) is 2.62. The highest BCUT2D eigenvalue weighted by atomic mass is 35.5. The van der Waals surface area contributed by atoms with Crippen molar-refractivity contribution in [2.24, 2.45) is 4.99 Å².